The molecule has 0 spiro atoms. The van der Waals surface area contributed by atoms with Crippen LogP contribution in [0.3, 0.4) is 0 Å². The van der Waals surface area contributed by atoms with Crippen molar-refractivity contribution < 1.29 is 14.3 Å². The summed E-state index contributed by atoms with van der Waals surface area (Å²) in [6.07, 6.45) is 0.781. The van der Waals surface area contributed by atoms with Gasteiger partial charge in [-0.25, -0.2) is 4.79 Å². The molecule has 0 aromatic heterocycles. The molecule has 0 aliphatic rings. The lowest BCUT2D eigenvalue weighted by Crippen LogP contribution is -2.30. The van der Waals surface area contributed by atoms with Crippen molar-refractivity contribution >= 4 is 11.7 Å². The van der Waals surface area contributed by atoms with E-state index < -0.39 is 0 Å². The molecule has 0 aliphatic heterocycles. The topological polar surface area (TPSA) is 59.6 Å². The Morgan fingerprint density at radius 2 is 1.86 bits per heavy atom. The maximum atomic E-state index is 11.7. The van der Waals surface area contributed by atoms with E-state index >= 15 is 0 Å². The zero-order valence-electron chi connectivity index (χ0n) is 13.1. The molecule has 2 N–H and O–H groups in total. The van der Waals surface area contributed by atoms with Gasteiger partial charge in [-0.1, -0.05) is 26.0 Å². The van der Waals surface area contributed by atoms with Crippen LogP contribution < -0.4 is 10.6 Å². The maximum Gasteiger partial charge on any atom is 0.319 e. The largest absolute Gasteiger partial charge is 0.382 e. The summed E-state index contributed by atoms with van der Waals surface area (Å²) in [6.45, 7) is 6.68. The highest BCUT2D eigenvalue weighted by molar-refractivity contribution is 5.89. The molecule has 0 radical (unpaired) electrons. The number of carbonyl (C=O) groups excluding carboxylic acids is 1. The van der Waals surface area contributed by atoms with Gasteiger partial charge in [-0.3, -0.25) is 0 Å². The first kappa shape index (κ1) is 17.5. The van der Waals surface area contributed by atoms with Crippen LogP contribution in [0.25, 0.3) is 0 Å². The van der Waals surface area contributed by atoms with Crippen LogP contribution in [0.2, 0.25) is 0 Å². The van der Waals surface area contributed by atoms with Crippen LogP contribution in [-0.4, -0.2) is 39.5 Å². The molecule has 5 heteroatoms. The van der Waals surface area contributed by atoms with Gasteiger partial charge in [-0.2, -0.15) is 0 Å². The third-order valence-corrected chi connectivity index (χ3v) is 3.02. The lowest BCUT2D eigenvalue weighted by Gasteiger charge is -2.09. The molecular weight excluding hydrogens is 268 g/mol. The van der Waals surface area contributed by atoms with Gasteiger partial charge in [0.1, 0.15) is 0 Å². The predicted octanol–water partition coefficient (Wildman–Crippen LogP) is 2.98. The van der Waals surface area contributed by atoms with E-state index in [4.69, 9.17) is 9.47 Å². The van der Waals surface area contributed by atoms with Crippen LogP contribution in [0, 0.1) is 0 Å². The van der Waals surface area contributed by atoms with Crippen molar-refractivity contribution in [3.63, 3.8) is 0 Å². The average molecular weight is 294 g/mol. The number of urea groups is 1. The van der Waals surface area contributed by atoms with Crippen LogP contribution >= 0.6 is 0 Å². The molecule has 0 unspecified atom stereocenters. The van der Waals surface area contributed by atoms with Crippen molar-refractivity contribution in [3.8, 4) is 0 Å². The standard InChI is InChI=1S/C16H26N2O3/c1-13(2)14-5-7-15(8-6-14)18-16(19)17-9-4-10-21-12-11-20-3/h5-8,13H,4,9-12H2,1-3H3,(H2,17,18,19). The maximum absolute atomic E-state index is 11.7. The zero-order chi connectivity index (χ0) is 15.5. The van der Waals surface area contributed by atoms with Crippen molar-refractivity contribution in [2.24, 2.45) is 0 Å². The van der Waals surface area contributed by atoms with Gasteiger partial charge in [-0.05, 0) is 30.0 Å². The molecule has 0 saturated heterocycles. The smallest absolute Gasteiger partial charge is 0.319 e. The van der Waals surface area contributed by atoms with Crippen LogP contribution in [0.5, 0.6) is 0 Å². The molecule has 0 fully saturated rings. The molecule has 21 heavy (non-hydrogen) atoms. The number of rotatable bonds is 9. The fourth-order valence-electron chi connectivity index (χ4n) is 1.75. The van der Waals surface area contributed by atoms with Crippen molar-refractivity contribution in [3.05, 3.63) is 29.8 Å². The summed E-state index contributed by atoms with van der Waals surface area (Å²) in [4.78, 5) is 11.7. The third-order valence-electron chi connectivity index (χ3n) is 3.02. The van der Waals surface area contributed by atoms with Gasteiger partial charge in [0.05, 0.1) is 13.2 Å². The number of methoxy groups -OCH3 is 1. The first-order valence-corrected chi connectivity index (χ1v) is 7.35. The summed E-state index contributed by atoms with van der Waals surface area (Å²) >= 11 is 0. The Morgan fingerprint density at radius 3 is 2.48 bits per heavy atom. The number of ether oxygens (including phenoxy) is 2. The Labute approximate surface area is 127 Å². The average Bonchev–Trinajstić information content (AvgIpc) is 2.47. The van der Waals surface area contributed by atoms with E-state index in [-0.39, 0.29) is 6.03 Å². The normalized spacial score (nSPS) is 10.7. The molecule has 0 heterocycles. The van der Waals surface area contributed by atoms with Crippen LogP contribution in [-0.2, 0) is 9.47 Å². The highest BCUT2D eigenvalue weighted by Crippen LogP contribution is 2.16. The molecular formula is C16H26N2O3. The van der Waals surface area contributed by atoms with E-state index in [2.05, 4.69) is 24.5 Å². The molecule has 1 rings (SSSR count). The first-order chi connectivity index (χ1) is 10.1. The summed E-state index contributed by atoms with van der Waals surface area (Å²) in [5.74, 6) is 0.492. The van der Waals surface area contributed by atoms with E-state index in [0.717, 1.165) is 12.1 Å². The second-order valence-corrected chi connectivity index (χ2v) is 5.12. The minimum atomic E-state index is -0.191. The minimum Gasteiger partial charge on any atom is -0.382 e. The Hall–Kier alpha value is -1.59. The fourth-order valence-corrected chi connectivity index (χ4v) is 1.75. The summed E-state index contributed by atoms with van der Waals surface area (Å²) in [7, 11) is 1.64. The van der Waals surface area contributed by atoms with E-state index in [1.165, 1.54) is 5.56 Å². The minimum absolute atomic E-state index is 0.191. The Morgan fingerprint density at radius 1 is 1.14 bits per heavy atom. The third kappa shape index (κ3) is 7.68. The quantitative estimate of drug-likeness (QED) is 0.688. The SMILES string of the molecule is COCCOCCCNC(=O)Nc1ccc(C(C)C)cc1. The van der Waals surface area contributed by atoms with Crippen LogP contribution in [0.4, 0.5) is 10.5 Å². The Bertz CT molecular complexity index is 404. The lowest BCUT2D eigenvalue weighted by molar-refractivity contribution is 0.0697. The van der Waals surface area contributed by atoms with Crippen LogP contribution in [0.15, 0.2) is 24.3 Å². The number of carbonyl (C=O) groups is 1. The van der Waals surface area contributed by atoms with Crippen molar-refractivity contribution in [1.29, 1.82) is 0 Å². The van der Waals surface area contributed by atoms with Crippen LogP contribution in [0.1, 0.15) is 31.7 Å². The molecule has 0 saturated carbocycles. The number of hydrogen-bond acceptors (Lipinski definition) is 3. The van der Waals surface area contributed by atoms with Gasteiger partial charge in [0, 0.05) is 25.9 Å². The lowest BCUT2D eigenvalue weighted by atomic mass is 10.0. The highest BCUT2D eigenvalue weighted by Gasteiger charge is 2.02. The van der Waals surface area contributed by atoms with E-state index in [0.29, 0.717) is 32.3 Å². The van der Waals surface area contributed by atoms with E-state index in [1.807, 2.05) is 24.3 Å². The number of anilines is 1. The second-order valence-electron chi connectivity index (χ2n) is 5.12. The number of hydrogen-bond donors (Lipinski definition) is 2. The Kier molecular flexibility index (Phi) is 8.47. The van der Waals surface area contributed by atoms with E-state index in [9.17, 15) is 4.79 Å². The van der Waals surface area contributed by atoms with Gasteiger partial charge in [0.15, 0.2) is 0 Å². The fraction of sp³-hybridized carbons (Fsp3) is 0.562. The van der Waals surface area contributed by atoms with E-state index in [1.54, 1.807) is 7.11 Å². The summed E-state index contributed by atoms with van der Waals surface area (Å²) < 4.78 is 10.2. The molecule has 0 bridgehead atoms. The van der Waals surface area contributed by atoms with Gasteiger partial charge in [0.2, 0.25) is 0 Å². The molecule has 2 amide bonds. The first-order valence-electron chi connectivity index (χ1n) is 7.35. The van der Waals surface area contributed by atoms with Crippen molar-refractivity contribution in [2.75, 3.05) is 38.8 Å². The number of nitrogens with one attached hydrogen (secondary N) is 2. The van der Waals surface area contributed by atoms with Gasteiger partial charge in [0.25, 0.3) is 0 Å². The number of benzene rings is 1. The zero-order valence-corrected chi connectivity index (χ0v) is 13.1. The van der Waals surface area contributed by atoms with Crippen molar-refractivity contribution in [1.82, 2.24) is 5.32 Å². The molecule has 0 aliphatic carbocycles. The highest BCUT2D eigenvalue weighted by atomic mass is 16.5. The molecule has 1 aromatic carbocycles. The predicted molar refractivity (Wildman–Crippen MR) is 84.9 cm³/mol. The second kappa shape index (κ2) is 10.2. The molecule has 5 nitrogen and oxygen atoms in total. The van der Waals surface area contributed by atoms with Gasteiger partial charge in [-0.15, -0.1) is 0 Å². The molecule has 1 aromatic rings. The summed E-state index contributed by atoms with van der Waals surface area (Å²) in [5, 5.41) is 5.61. The Balaban J connectivity index is 2.15. The van der Waals surface area contributed by atoms with Crippen molar-refractivity contribution in [2.45, 2.75) is 26.2 Å². The van der Waals surface area contributed by atoms with Gasteiger partial charge < -0.3 is 20.1 Å². The monoisotopic (exact) mass is 294 g/mol. The summed E-state index contributed by atoms with van der Waals surface area (Å²) in [6, 6.07) is 7.71. The summed E-state index contributed by atoms with van der Waals surface area (Å²) in [5.41, 5.74) is 2.06. The van der Waals surface area contributed by atoms with Gasteiger partial charge >= 0.3 is 6.03 Å². The molecule has 0 atom stereocenters. The number of amides is 2. The molecule has 118 valence electrons.